The van der Waals surface area contributed by atoms with Gasteiger partial charge in [0.1, 0.15) is 0 Å². The van der Waals surface area contributed by atoms with E-state index in [1.54, 1.807) is 12.1 Å². The summed E-state index contributed by atoms with van der Waals surface area (Å²) in [5.41, 5.74) is 1.50. The Bertz CT molecular complexity index is 413. The highest BCUT2D eigenvalue weighted by Crippen LogP contribution is 2.26. The number of carbonyl (C=O) groups is 1. The molecule has 0 radical (unpaired) electrons. The number of rotatable bonds is 0. The third kappa shape index (κ3) is 6.96. The number of hydrogen-bond donors (Lipinski definition) is 1. The summed E-state index contributed by atoms with van der Waals surface area (Å²) in [6, 6.07) is 7.20. The van der Waals surface area contributed by atoms with Gasteiger partial charge in [-0.2, -0.15) is 16.8 Å². The Balaban J connectivity index is 0.000000344. The number of para-hydroxylation sites is 1. The minimum absolute atomic E-state index is 0.258. The molecule has 0 spiro atoms. The molecule has 0 unspecified atom stereocenters. The quantitative estimate of drug-likeness (QED) is 0.715. The summed E-state index contributed by atoms with van der Waals surface area (Å²) < 4.78 is 0.458. The van der Waals surface area contributed by atoms with Crippen LogP contribution in [0.1, 0.15) is 46.6 Å². The van der Waals surface area contributed by atoms with Crippen molar-refractivity contribution >= 4 is 23.4 Å². The fourth-order valence-corrected chi connectivity index (χ4v) is 1.24. The third-order valence-corrected chi connectivity index (χ3v) is 3.63. The number of amides is 1. The minimum atomic E-state index is -0.258. The molecule has 3 nitrogen and oxygen atoms in total. The first kappa shape index (κ1) is 19.0. The molecule has 1 aromatic carbocycles. The van der Waals surface area contributed by atoms with E-state index in [4.69, 9.17) is 5.21 Å². The van der Waals surface area contributed by atoms with Gasteiger partial charge in [0.15, 0.2) is 0 Å². The number of fused-ring (bicyclic) bond motifs is 1. The molecule has 4 heteroatoms. The van der Waals surface area contributed by atoms with Crippen LogP contribution in [-0.2, 0) is 11.2 Å². The second kappa shape index (κ2) is 9.03. The molecule has 0 aliphatic carbocycles. The summed E-state index contributed by atoms with van der Waals surface area (Å²) in [5, 5.41) is 9.84. The van der Waals surface area contributed by atoms with Crippen molar-refractivity contribution < 1.29 is 10.0 Å². The number of anilines is 1. The fraction of sp³-hybridized carbons (Fsp3) is 0.562. The van der Waals surface area contributed by atoms with Crippen LogP contribution in [0.2, 0.25) is 0 Å². The van der Waals surface area contributed by atoms with Crippen molar-refractivity contribution in [2.75, 3.05) is 11.3 Å². The Hall–Kier alpha value is -1.00. The lowest BCUT2D eigenvalue weighted by Gasteiger charge is -2.12. The van der Waals surface area contributed by atoms with E-state index in [9.17, 15) is 4.79 Å². The van der Waals surface area contributed by atoms with Crippen LogP contribution in [0.3, 0.4) is 0 Å². The first-order valence-corrected chi connectivity index (χ1v) is 8.14. The molecule has 2 rings (SSSR count). The average molecular weight is 297 g/mol. The van der Waals surface area contributed by atoms with E-state index in [0.29, 0.717) is 21.9 Å². The molecule has 1 N–H and O–H groups in total. The van der Waals surface area contributed by atoms with Crippen molar-refractivity contribution in [2.24, 2.45) is 0 Å². The van der Waals surface area contributed by atoms with Crippen LogP contribution >= 0.6 is 11.8 Å². The molecule has 1 aliphatic rings. The predicted molar refractivity (Wildman–Crippen MR) is 88.7 cm³/mol. The van der Waals surface area contributed by atoms with Crippen LogP contribution in [0.25, 0.3) is 0 Å². The van der Waals surface area contributed by atoms with Crippen LogP contribution in [0, 0.1) is 0 Å². The Morgan fingerprint density at radius 1 is 1.25 bits per heavy atom. The zero-order valence-electron chi connectivity index (χ0n) is 13.4. The highest BCUT2D eigenvalue weighted by Gasteiger charge is 2.24. The van der Waals surface area contributed by atoms with Crippen molar-refractivity contribution in [3.05, 3.63) is 29.8 Å². The van der Waals surface area contributed by atoms with Crippen LogP contribution in [0.4, 0.5) is 5.69 Å². The molecule has 1 aliphatic heterocycles. The third-order valence-electron chi connectivity index (χ3n) is 2.41. The largest absolute Gasteiger partial charge is 0.281 e. The number of nitrogens with zero attached hydrogens (tertiary/aromatic N) is 1. The molecule has 0 bridgehead atoms. The van der Waals surface area contributed by atoms with Gasteiger partial charge in [-0.15, -0.1) is 0 Å². The summed E-state index contributed by atoms with van der Waals surface area (Å²) >= 11 is 1.88. The first-order chi connectivity index (χ1) is 9.26. The van der Waals surface area contributed by atoms with Crippen LogP contribution < -0.4 is 5.06 Å². The average Bonchev–Trinajstić information content (AvgIpc) is 2.67. The van der Waals surface area contributed by atoms with Gasteiger partial charge in [0.2, 0.25) is 0 Å². The maximum Gasteiger partial charge on any atom is 0.255 e. The standard InChI is InChI=1S/C8H7NO2.C5H12S.C3H8/c10-8-5-6-3-1-2-4-7(6)9(8)11;1-5(2,3)6-4;1-3-2/h1-4,11H,5H2;1-4H3;3H2,1-2H3. The zero-order valence-corrected chi connectivity index (χ0v) is 14.3. The Labute approximate surface area is 127 Å². The summed E-state index contributed by atoms with van der Waals surface area (Å²) in [6.07, 6.45) is 3.69. The van der Waals surface area contributed by atoms with Gasteiger partial charge >= 0.3 is 0 Å². The monoisotopic (exact) mass is 297 g/mol. The zero-order chi connectivity index (χ0) is 15.8. The Kier molecular flexibility index (Phi) is 8.58. The van der Waals surface area contributed by atoms with Crippen LogP contribution in [-0.4, -0.2) is 22.1 Å². The molecule has 20 heavy (non-hydrogen) atoms. The summed E-state index contributed by atoms with van der Waals surface area (Å²) in [5.74, 6) is -0.258. The minimum Gasteiger partial charge on any atom is -0.281 e. The maximum absolute atomic E-state index is 10.9. The van der Waals surface area contributed by atoms with Gasteiger partial charge in [0, 0.05) is 4.75 Å². The highest BCUT2D eigenvalue weighted by molar-refractivity contribution is 7.99. The van der Waals surface area contributed by atoms with Crippen molar-refractivity contribution in [1.29, 1.82) is 0 Å². The van der Waals surface area contributed by atoms with Crippen molar-refractivity contribution in [3.63, 3.8) is 0 Å². The summed E-state index contributed by atoms with van der Waals surface area (Å²) in [7, 11) is 0. The van der Waals surface area contributed by atoms with E-state index in [-0.39, 0.29) is 5.91 Å². The predicted octanol–water partition coefficient (Wildman–Crippen LogP) is 4.53. The first-order valence-electron chi connectivity index (χ1n) is 6.91. The molecule has 1 aromatic rings. The van der Waals surface area contributed by atoms with Crippen molar-refractivity contribution in [2.45, 2.75) is 52.2 Å². The molecule has 0 atom stereocenters. The number of benzene rings is 1. The second-order valence-electron chi connectivity index (χ2n) is 5.53. The molecule has 1 amide bonds. The number of hydroxylamine groups is 1. The van der Waals surface area contributed by atoms with E-state index in [1.807, 2.05) is 23.9 Å². The van der Waals surface area contributed by atoms with Gasteiger partial charge in [0.25, 0.3) is 5.91 Å². The van der Waals surface area contributed by atoms with Gasteiger partial charge in [-0.1, -0.05) is 59.2 Å². The van der Waals surface area contributed by atoms with E-state index in [1.165, 1.54) is 6.42 Å². The molecule has 0 saturated carbocycles. The fourth-order valence-electron chi connectivity index (χ4n) is 1.24. The van der Waals surface area contributed by atoms with E-state index >= 15 is 0 Å². The SMILES string of the molecule is CCC.CSC(C)(C)C.O=C1Cc2ccccc2N1O. The van der Waals surface area contributed by atoms with Gasteiger partial charge in [0.05, 0.1) is 12.1 Å². The van der Waals surface area contributed by atoms with E-state index in [2.05, 4.69) is 40.9 Å². The van der Waals surface area contributed by atoms with Crippen LogP contribution in [0.5, 0.6) is 0 Å². The maximum atomic E-state index is 10.9. The lowest BCUT2D eigenvalue weighted by atomic mass is 10.2. The lowest BCUT2D eigenvalue weighted by Crippen LogP contribution is -2.21. The normalized spacial score (nSPS) is 12.9. The van der Waals surface area contributed by atoms with Gasteiger partial charge in [-0.05, 0) is 17.9 Å². The molecule has 0 aromatic heterocycles. The Morgan fingerprint density at radius 2 is 1.70 bits per heavy atom. The number of carbonyl (C=O) groups excluding carboxylic acids is 1. The van der Waals surface area contributed by atoms with Gasteiger partial charge in [-0.25, -0.2) is 0 Å². The number of thioether (sulfide) groups is 1. The van der Waals surface area contributed by atoms with Gasteiger partial charge in [-0.3, -0.25) is 10.0 Å². The Morgan fingerprint density at radius 3 is 2.10 bits per heavy atom. The summed E-state index contributed by atoms with van der Waals surface area (Å²) in [4.78, 5) is 10.9. The molecular formula is C16H27NO2S. The van der Waals surface area contributed by atoms with E-state index in [0.717, 1.165) is 5.56 Å². The molecular weight excluding hydrogens is 270 g/mol. The topological polar surface area (TPSA) is 40.5 Å². The van der Waals surface area contributed by atoms with E-state index < -0.39 is 0 Å². The second-order valence-corrected chi connectivity index (χ2v) is 7.17. The van der Waals surface area contributed by atoms with Crippen molar-refractivity contribution in [3.8, 4) is 0 Å². The van der Waals surface area contributed by atoms with Gasteiger partial charge < -0.3 is 0 Å². The number of hydrogen-bond acceptors (Lipinski definition) is 3. The molecule has 0 fully saturated rings. The lowest BCUT2D eigenvalue weighted by molar-refractivity contribution is -0.122. The highest BCUT2D eigenvalue weighted by atomic mass is 32.2. The molecule has 114 valence electrons. The summed E-state index contributed by atoms with van der Waals surface area (Å²) in [6.45, 7) is 10.9. The van der Waals surface area contributed by atoms with Crippen molar-refractivity contribution in [1.82, 2.24) is 0 Å². The molecule has 1 heterocycles. The van der Waals surface area contributed by atoms with Crippen LogP contribution in [0.15, 0.2) is 24.3 Å². The smallest absolute Gasteiger partial charge is 0.255 e. The molecule has 0 saturated heterocycles.